The van der Waals surface area contributed by atoms with Gasteiger partial charge in [-0.3, -0.25) is 4.79 Å². The lowest BCUT2D eigenvalue weighted by molar-refractivity contribution is -0.135. The molecule has 0 saturated carbocycles. The van der Waals surface area contributed by atoms with Crippen LogP contribution in [-0.2, 0) is 9.53 Å². The molecular formula is C15H22N2O2S. The number of carbonyl (C=O) groups is 1. The Balaban J connectivity index is 1.70. The number of aryl methyl sites for hydroxylation is 1. The molecule has 0 aliphatic carbocycles. The normalized spacial score (nSPS) is 15.3. The van der Waals surface area contributed by atoms with Gasteiger partial charge < -0.3 is 15.4 Å². The minimum Gasteiger partial charge on any atom is -0.398 e. The smallest absolute Gasteiger partial charge is 0.222 e. The first-order chi connectivity index (χ1) is 9.66. The summed E-state index contributed by atoms with van der Waals surface area (Å²) in [5.74, 6) is 1.16. The van der Waals surface area contributed by atoms with E-state index in [0.29, 0.717) is 19.6 Å². The summed E-state index contributed by atoms with van der Waals surface area (Å²) < 4.78 is 5.25. The molecule has 20 heavy (non-hydrogen) atoms. The summed E-state index contributed by atoms with van der Waals surface area (Å²) in [6.45, 7) is 4.86. The maximum Gasteiger partial charge on any atom is 0.222 e. The van der Waals surface area contributed by atoms with E-state index in [1.54, 1.807) is 11.8 Å². The Morgan fingerprint density at radius 2 is 2.15 bits per heavy atom. The van der Waals surface area contributed by atoms with Gasteiger partial charge in [0.1, 0.15) is 0 Å². The molecular weight excluding hydrogens is 272 g/mol. The predicted molar refractivity (Wildman–Crippen MR) is 82.9 cm³/mol. The van der Waals surface area contributed by atoms with Crippen molar-refractivity contribution in [2.45, 2.75) is 24.7 Å². The zero-order valence-electron chi connectivity index (χ0n) is 11.9. The van der Waals surface area contributed by atoms with Crippen LogP contribution in [0.25, 0.3) is 0 Å². The van der Waals surface area contributed by atoms with Crippen molar-refractivity contribution in [3.63, 3.8) is 0 Å². The van der Waals surface area contributed by atoms with Crippen LogP contribution in [0.1, 0.15) is 18.4 Å². The molecule has 0 bridgehead atoms. The molecule has 4 nitrogen and oxygen atoms in total. The standard InChI is InChI=1S/C15H22N2O2S/c1-12-4-5-13(16)14(11-12)20-10-2-3-15(18)17-6-8-19-9-7-17/h4-5,11H,2-3,6-10,16H2,1H3. The molecule has 1 aromatic carbocycles. The SMILES string of the molecule is Cc1ccc(N)c(SCCCC(=O)N2CCOCC2)c1. The van der Waals surface area contributed by atoms with E-state index in [4.69, 9.17) is 10.5 Å². The van der Waals surface area contributed by atoms with E-state index in [2.05, 4.69) is 13.0 Å². The number of morpholine rings is 1. The number of rotatable bonds is 5. The lowest BCUT2D eigenvalue weighted by Crippen LogP contribution is -2.40. The Labute approximate surface area is 124 Å². The number of nitrogens with two attached hydrogens (primary N) is 1. The molecule has 1 heterocycles. The first-order valence-corrected chi connectivity index (χ1v) is 8.00. The second-order valence-electron chi connectivity index (χ2n) is 4.99. The first-order valence-electron chi connectivity index (χ1n) is 7.01. The fourth-order valence-corrected chi connectivity index (χ4v) is 3.16. The van der Waals surface area contributed by atoms with Gasteiger partial charge in [-0.1, -0.05) is 6.07 Å². The molecule has 5 heteroatoms. The average Bonchev–Trinajstić information content (AvgIpc) is 2.47. The molecule has 0 atom stereocenters. The van der Waals surface area contributed by atoms with E-state index in [1.165, 1.54) is 5.56 Å². The van der Waals surface area contributed by atoms with E-state index in [0.717, 1.165) is 35.8 Å². The van der Waals surface area contributed by atoms with Crippen LogP contribution in [0.4, 0.5) is 5.69 Å². The van der Waals surface area contributed by atoms with Crippen molar-refractivity contribution in [3.8, 4) is 0 Å². The molecule has 1 aromatic rings. The number of amides is 1. The molecule has 0 aromatic heterocycles. The summed E-state index contributed by atoms with van der Waals surface area (Å²) in [7, 11) is 0. The van der Waals surface area contributed by atoms with Gasteiger partial charge >= 0.3 is 0 Å². The summed E-state index contributed by atoms with van der Waals surface area (Å²) in [6, 6.07) is 6.06. The monoisotopic (exact) mass is 294 g/mol. The predicted octanol–water partition coefficient (Wildman–Crippen LogP) is 2.31. The van der Waals surface area contributed by atoms with Gasteiger partial charge in [-0.25, -0.2) is 0 Å². The van der Waals surface area contributed by atoms with Gasteiger partial charge in [0.2, 0.25) is 5.91 Å². The van der Waals surface area contributed by atoms with E-state index in [-0.39, 0.29) is 5.91 Å². The fraction of sp³-hybridized carbons (Fsp3) is 0.533. The summed E-state index contributed by atoms with van der Waals surface area (Å²) >= 11 is 1.73. The minimum absolute atomic E-state index is 0.242. The highest BCUT2D eigenvalue weighted by Crippen LogP contribution is 2.26. The number of ether oxygens (including phenoxy) is 1. The average molecular weight is 294 g/mol. The molecule has 2 N–H and O–H groups in total. The number of anilines is 1. The van der Waals surface area contributed by atoms with Crippen molar-refractivity contribution >= 4 is 23.4 Å². The topological polar surface area (TPSA) is 55.6 Å². The van der Waals surface area contributed by atoms with Crippen molar-refractivity contribution in [1.29, 1.82) is 0 Å². The van der Waals surface area contributed by atoms with Crippen molar-refractivity contribution in [3.05, 3.63) is 23.8 Å². The summed E-state index contributed by atoms with van der Waals surface area (Å²) in [6.07, 6.45) is 1.49. The zero-order chi connectivity index (χ0) is 14.4. The van der Waals surface area contributed by atoms with Crippen LogP contribution in [0.5, 0.6) is 0 Å². The number of thioether (sulfide) groups is 1. The highest BCUT2D eigenvalue weighted by molar-refractivity contribution is 7.99. The summed E-state index contributed by atoms with van der Waals surface area (Å²) in [4.78, 5) is 15.0. The van der Waals surface area contributed by atoms with E-state index < -0.39 is 0 Å². The first kappa shape index (κ1) is 15.2. The van der Waals surface area contributed by atoms with Gasteiger partial charge in [-0.2, -0.15) is 0 Å². The number of nitrogens with zero attached hydrogens (tertiary/aromatic N) is 1. The Bertz CT molecular complexity index is 459. The van der Waals surface area contributed by atoms with Gasteiger partial charge in [0.25, 0.3) is 0 Å². The Hall–Kier alpha value is -1.20. The number of benzene rings is 1. The Kier molecular flexibility index (Phi) is 5.73. The minimum atomic E-state index is 0.242. The van der Waals surface area contributed by atoms with Crippen molar-refractivity contribution in [2.24, 2.45) is 0 Å². The highest BCUT2D eigenvalue weighted by atomic mass is 32.2. The quantitative estimate of drug-likeness (QED) is 0.514. The maximum atomic E-state index is 12.0. The van der Waals surface area contributed by atoms with Crippen molar-refractivity contribution < 1.29 is 9.53 Å². The van der Waals surface area contributed by atoms with Crippen LogP contribution < -0.4 is 5.73 Å². The Morgan fingerprint density at radius 1 is 1.40 bits per heavy atom. The van der Waals surface area contributed by atoms with Crippen LogP contribution in [0.2, 0.25) is 0 Å². The molecule has 0 unspecified atom stereocenters. The number of hydrogen-bond donors (Lipinski definition) is 1. The second-order valence-corrected chi connectivity index (χ2v) is 6.12. The summed E-state index contributed by atoms with van der Waals surface area (Å²) in [5, 5.41) is 0. The van der Waals surface area contributed by atoms with Crippen molar-refractivity contribution in [1.82, 2.24) is 4.90 Å². The summed E-state index contributed by atoms with van der Waals surface area (Å²) in [5.41, 5.74) is 7.97. The van der Waals surface area contributed by atoms with E-state index in [1.807, 2.05) is 17.0 Å². The van der Waals surface area contributed by atoms with Crippen LogP contribution >= 0.6 is 11.8 Å². The third kappa shape index (κ3) is 4.42. The highest BCUT2D eigenvalue weighted by Gasteiger charge is 2.15. The van der Waals surface area contributed by atoms with Gasteiger partial charge in [-0.15, -0.1) is 11.8 Å². The van der Waals surface area contributed by atoms with Crippen LogP contribution in [0, 0.1) is 6.92 Å². The molecule has 1 aliphatic rings. The number of hydrogen-bond acceptors (Lipinski definition) is 4. The maximum absolute atomic E-state index is 12.0. The van der Waals surface area contributed by atoms with Gasteiger partial charge in [0.15, 0.2) is 0 Å². The molecule has 0 spiro atoms. The molecule has 1 aliphatic heterocycles. The van der Waals surface area contributed by atoms with Gasteiger partial charge in [-0.05, 0) is 36.8 Å². The lowest BCUT2D eigenvalue weighted by Gasteiger charge is -2.26. The van der Waals surface area contributed by atoms with Crippen LogP contribution in [0.15, 0.2) is 23.1 Å². The largest absolute Gasteiger partial charge is 0.398 e. The van der Waals surface area contributed by atoms with E-state index in [9.17, 15) is 4.79 Å². The fourth-order valence-electron chi connectivity index (χ4n) is 2.14. The molecule has 1 amide bonds. The van der Waals surface area contributed by atoms with Crippen LogP contribution in [-0.4, -0.2) is 42.9 Å². The molecule has 1 fully saturated rings. The third-order valence-electron chi connectivity index (χ3n) is 3.33. The van der Waals surface area contributed by atoms with Gasteiger partial charge in [0, 0.05) is 30.1 Å². The lowest BCUT2D eigenvalue weighted by atomic mass is 10.2. The molecule has 0 radical (unpaired) electrons. The van der Waals surface area contributed by atoms with E-state index >= 15 is 0 Å². The zero-order valence-corrected chi connectivity index (χ0v) is 12.7. The number of nitrogen functional groups attached to an aromatic ring is 1. The third-order valence-corrected chi connectivity index (χ3v) is 4.48. The second kappa shape index (κ2) is 7.55. The Morgan fingerprint density at radius 3 is 2.90 bits per heavy atom. The van der Waals surface area contributed by atoms with Crippen molar-refractivity contribution in [2.75, 3.05) is 37.8 Å². The van der Waals surface area contributed by atoms with Gasteiger partial charge in [0.05, 0.1) is 13.2 Å². The molecule has 1 saturated heterocycles. The molecule has 110 valence electrons. The van der Waals surface area contributed by atoms with Crippen LogP contribution in [0.3, 0.4) is 0 Å². The molecule has 2 rings (SSSR count). The number of carbonyl (C=O) groups excluding carboxylic acids is 1.